The van der Waals surface area contributed by atoms with Crippen molar-refractivity contribution in [3.05, 3.63) is 54.2 Å². The molecule has 182 valence electrons. The summed E-state index contributed by atoms with van der Waals surface area (Å²) < 4.78 is 38.5. The molecule has 1 saturated heterocycles. The van der Waals surface area contributed by atoms with Crippen molar-refractivity contribution in [1.29, 1.82) is 0 Å². The van der Waals surface area contributed by atoms with E-state index in [-0.39, 0.29) is 12.0 Å². The molecule has 1 aromatic heterocycles. The first-order chi connectivity index (χ1) is 16.2. The molecule has 1 aliphatic heterocycles. The van der Waals surface area contributed by atoms with Crippen LogP contribution in [-0.2, 0) is 14.8 Å². The number of piperidine rings is 1. The van der Waals surface area contributed by atoms with Gasteiger partial charge in [-0.2, -0.15) is 0 Å². The van der Waals surface area contributed by atoms with E-state index in [9.17, 15) is 13.2 Å². The van der Waals surface area contributed by atoms with Crippen LogP contribution in [0.2, 0.25) is 0 Å². The fourth-order valence-corrected chi connectivity index (χ4v) is 5.44. The van der Waals surface area contributed by atoms with E-state index in [2.05, 4.69) is 9.71 Å². The maximum absolute atomic E-state index is 12.7. The number of fused-ring (bicyclic) bond motifs is 1. The third kappa shape index (κ3) is 5.64. The number of amides is 1. The standard InChI is InChI=1S/C25H31N3O5S/c1-17(2)33-20-6-4-19(5-7-20)27-34(30,31)16-25(29)28-12-10-18(11-13-28)23-15-26-24-9-8-21(32-3)14-22(23)24/h4-9,14-15,17-18,26-27H,10-13,16H2,1-3H3. The van der Waals surface area contributed by atoms with Crippen LogP contribution < -0.4 is 14.2 Å². The molecule has 8 nitrogen and oxygen atoms in total. The summed E-state index contributed by atoms with van der Waals surface area (Å²) in [6.45, 7) is 4.89. The zero-order chi connectivity index (χ0) is 24.3. The number of sulfonamides is 1. The minimum atomic E-state index is -3.81. The average Bonchev–Trinajstić information content (AvgIpc) is 3.22. The molecule has 2 aromatic carbocycles. The second kappa shape index (κ2) is 9.97. The normalized spacial score (nSPS) is 15.0. The Morgan fingerprint density at radius 1 is 1.12 bits per heavy atom. The summed E-state index contributed by atoms with van der Waals surface area (Å²) in [6, 6.07) is 12.6. The lowest BCUT2D eigenvalue weighted by Crippen LogP contribution is -2.41. The summed E-state index contributed by atoms with van der Waals surface area (Å²) in [6.07, 6.45) is 3.61. The van der Waals surface area contributed by atoms with Crippen LogP contribution in [0.4, 0.5) is 5.69 Å². The van der Waals surface area contributed by atoms with Gasteiger partial charge in [-0.05, 0) is 80.6 Å². The number of anilines is 1. The SMILES string of the molecule is COc1ccc2[nH]cc(C3CCN(C(=O)CS(=O)(=O)Nc4ccc(OC(C)C)cc4)CC3)c2c1. The number of H-pyrrole nitrogens is 1. The molecular formula is C25H31N3O5S. The van der Waals surface area contributed by atoms with E-state index >= 15 is 0 Å². The Morgan fingerprint density at radius 3 is 2.44 bits per heavy atom. The Morgan fingerprint density at radius 2 is 1.79 bits per heavy atom. The Hall–Kier alpha value is -3.20. The first kappa shape index (κ1) is 23.9. The molecule has 34 heavy (non-hydrogen) atoms. The quantitative estimate of drug-likeness (QED) is 0.500. The van der Waals surface area contributed by atoms with Gasteiger partial charge in [-0.15, -0.1) is 0 Å². The fraction of sp³-hybridized carbons (Fsp3) is 0.400. The van der Waals surface area contributed by atoms with Crippen molar-refractivity contribution in [3.63, 3.8) is 0 Å². The van der Waals surface area contributed by atoms with Crippen LogP contribution in [0.25, 0.3) is 10.9 Å². The third-order valence-corrected chi connectivity index (χ3v) is 7.20. The highest BCUT2D eigenvalue weighted by atomic mass is 32.2. The molecule has 1 fully saturated rings. The van der Waals surface area contributed by atoms with Gasteiger partial charge in [0, 0.05) is 35.9 Å². The Balaban J connectivity index is 1.33. The number of carbonyl (C=O) groups excluding carboxylic acids is 1. The molecule has 0 radical (unpaired) electrons. The molecule has 0 unspecified atom stereocenters. The Bertz CT molecular complexity index is 1240. The molecule has 9 heteroatoms. The van der Waals surface area contributed by atoms with Gasteiger partial charge in [0.15, 0.2) is 0 Å². The van der Waals surface area contributed by atoms with Gasteiger partial charge in [0.25, 0.3) is 0 Å². The number of hydrogen-bond donors (Lipinski definition) is 2. The van der Waals surface area contributed by atoms with Crippen molar-refractivity contribution in [1.82, 2.24) is 9.88 Å². The fourth-order valence-electron chi connectivity index (χ4n) is 4.37. The molecule has 0 saturated carbocycles. The number of benzene rings is 2. The van der Waals surface area contributed by atoms with Gasteiger partial charge in [-0.1, -0.05) is 0 Å². The summed E-state index contributed by atoms with van der Waals surface area (Å²) in [4.78, 5) is 17.7. The van der Waals surface area contributed by atoms with Gasteiger partial charge in [0.05, 0.1) is 13.2 Å². The number of nitrogens with zero attached hydrogens (tertiary/aromatic N) is 1. The van der Waals surface area contributed by atoms with E-state index in [4.69, 9.17) is 9.47 Å². The Labute approximate surface area is 200 Å². The van der Waals surface area contributed by atoms with E-state index in [0.717, 1.165) is 29.5 Å². The van der Waals surface area contributed by atoms with E-state index in [1.165, 1.54) is 5.56 Å². The summed E-state index contributed by atoms with van der Waals surface area (Å²) in [5, 5.41) is 1.13. The van der Waals surface area contributed by atoms with Crippen LogP contribution in [-0.4, -0.2) is 56.3 Å². The zero-order valence-electron chi connectivity index (χ0n) is 19.7. The first-order valence-electron chi connectivity index (χ1n) is 11.4. The summed E-state index contributed by atoms with van der Waals surface area (Å²) in [7, 11) is -2.16. The van der Waals surface area contributed by atoms with Crippen molar-refractivity contribution in [3.8, 4) is 11.5 Å². The van der Waals surface area contributed by atoms with E-state index < -0.39 is 15.8 Å². The van der Waals surface area contributed by atoms with Crippen LogP contribution in [0, 0.1) is 0 Å². The molecule has 4 rings (SSSR count). The van der Waals surface area contributed by atoms with Crippen LogP contribution in [0.3, 0.4) is 0 Å². The van der Waals surface area contributed by atoms with Crippen molar-refractivity contribution >= 4 is 32.5 Å². The number of likely N-dealkylation sites (tertiary alicyclic amines) is 1. The molecule has 0 atom stereocenters. The summed E-state index contributed by atoms with van der Waals surface area (Å²) in [5.41, 5.74) is 2.66. The zero-order valence-corrected chi connectivity index (χ0v) is 20.5. The Kier molecular flexibility index (Phi) is 7.02. The lowest BCUT2D eigenvalue weighted by atomic mass is 9.89. The van der Waals surface area contributed by atoms with Gasteiger partial charge in [0.1, 0.15) is 17.3 Å². The molecule has 0 aliphatic carbocycles. The number of hydrogen-bond acceptors (Lipinski definition) is 5. The summed E-state index contributed by atoms with van der Waals surface area (Å²) >= 11 is 0. The minimum absolute atomic E-state index is 0.0306. The number of nitrogens with one attached hydrogen (secondary N) is 2. The lowest BCUT2D eigenvalue weighted by molar-refractivity contribution is -0.129. The molecule has 1 amide bonds. The molecule has 0 bridgehead atoms. The first-order valence-corrected chi connectivity index (χ1v) is 13.1. The van der Waals surface area contributed by atoms with Crippen LogP contribution in [0.15, 0.2) is 48.7 Å². The second-order valence-corrected chi connectivity index (χ2v) is 10.6. The minimum Gasteiger partial charge on any atom is -0.497 e. The highest BCUT2D eigenvalue weighted by Crippen LogP contribution is 2.34. The molecule has 2 N–H and O–H groups in total. The van der Waals surface area contributed by atoms with Crippen molar-refractivity contribution in [2.75, 3.05) is 30.7 Å². The highest BCUT2D eigenvalue weighted by Gasteiger charge is 2.28. The van der Waals surface area contributed by atoms with Gasteiger partial charge < -0.3 is 19.4 Å². The topological polar surface area (TPSA) is 101 Å². The molecule has 1 aliphatic rings. The smallest absolute Gasteiger partial charge is 0.241 e. The number of methoxy groups -OCH3 is 1. The molecule has 2 heterocycles. The van der Waals surface area contributed by atoms with Crippen LogP contribution in [0.1, 0.15) is 38.2 Å². The number of aromatic amines is 1. The predicted molar refractivity (Wildman–Crippen MR) is 133 cm³/mol. The highest BCUT2D eigenvalue weighted by molar-refractivity contribution is 7.93. The molecule has 0 spiro atoms. The van der Waals surface area contributed by atoms with Gasteiger partial charge in [0.2, 0.25) is 15.9 Å². The summed E-state index contributed by atoms with van der Waals surface area (Å²) in [5.74, 6) is 0.801. The molecular weight excluding hydrogens is 454 g/mol. The maximum atomic E-state index is 12.7. The lowest BCUT2D eigenvalue weighted by Gasteiger charge is -2.32. The maximum Gasteiger partial charge on any atom is 0.241 e. The van der Waals surface area contributed by atoms with Crippen LogP contribution >= 0.6 is 0 Å². The number of carbonyl (C=O) groups is 1. The average molecular weight is 486 g/mol. The van der Waals surface area contributed by atoms with E-state index in [0.29, 0.717) is 30.4 Å². The van der Waals surface area contributed by atoms with Crippen molar-refractivity contribution < 1.29 is 22.7 Å². The van der Waals surface area contributed by atoms with Crippen LogP contribution in [0.5, 0.6) is 11.5 Å². The van der Waals surface area contributed by atoms with Gasteiger partial charge in [-0.3, -0.25) is 9.52 Å². The molecule has 3 aromatic rings. The predicted octanol–water partition coefficient (Wildman–Crippen LogP) is 4.11. The number of aromatic nitrogens is 1. The second-order valence-electron chi connectivity index (χ2n) is 8.86. The van der Waals surface area contributed by atoms with Crippen molar-refractivity contribution in [2.24, 2.45) is 0 Å². The van der Waals surface area contributed by atoms with E-state index in [1.54, 1.807) is 36.3 Å². The van der Waals surface area contributed by atoms with Crippen molar-refractivity contribution in [2.45, 2.75) is 38.7 Å². The number of rotatable bonds is 8. The third-order valence-electron chi connectivity index (χ3n) is 6.02. The largest absolute Gasteiger partial charge is 0.497 e. The number of ether oxygens (including phenoxy) is 2. The van der Waals surface area contributed by atoms with E-state index in [1.807, 2.05) is 38.2 Å². The monoisotopic (exact) mass is 485 g/mol. The van der Waals surface area contributed by atoms with Gasteiger partial charge >= 0.3 is 0 Å². The van der Waals surface area contributed by atoms with Gasteiger partial charge in [-0.25, -0.2) is 8.42 Å².